The van der Waals surface area contributed by atoms with Crippen LogP contribution in [0.1, 0.15) is 11.1 Å². The number of fused-ring (bicyclic) bond motifs is 1. The number of hydrogen-bond donors (Lipinski definition) is 0. The highest BCUT2D eigenvalue weighted by Gasteiger charge is 2.01. The van der Waals surface area contributed by atoms with Crippen LogP contribution in [0.25, 0.3) is 10.8 Å². The minimum Gasteiger partial charge on any atom is -0.391 e. The SMILES string of the molecule is Clc1ccc(/C=N\OCc2cccc3ccccc23)c(Cl)c1. The Morgan fingerprint density at radius 1 is 0.955 bits per heavy atom. The Bertz CT molecular complexity index is 825. The zero-order chi connectivity index (χ0) is 15.4. The molecular weight excluding hydrogens is 317 g/mol. The molecule has 3 aromatic carbocycles. The van der Waals surface area contributed by atoms with Crippen molar-refractivity contribution in [2.45, 2.75) is 6.61 Å². The van der Waals surface area contributed by atoms with Gasteiger partial charge in [-0.25, -0.2) is 0 Å². The molecule has 4 heteroatoms. The lowest BCUT2D eigenvalue weighted by Gasteiger charge is -2.05. The van der Waals surface area contributed by atoms with Crippen molar-refractivity contribution in [2.75, 3.05) is 0 Å². The minimum atomic E-state index is 0.406. The predicted molar refractivity (Wildman–Crippen MR) is 92.8 cm³/mol. The van der Waals surface area contributed by atoms with Crippen LogP contribution in [0.15, 0.2) is 65.8 Å². The first-order valence-electron chi connectivity index (χ1n) is 6.81. The standard InChI is InChI=1S/C18H13Cl2NO/c19-16-9-8-14(18(20)10-16)11-21-22-12-15-6-3-5-13-4-1-2-7-17(13)15/h1-11H,12H2/b21-11-. The van der Waals surface area contributed by atoms with Gasteiger partial charge in [-0.05, 0) is 28.5 Å². The van der Waals surface area contributed by atoms with Gasteiger partial charge in [0.15, 0.2) is 0 Å². The van der Waals surface area contributed by atoms with Crippen molar-refractivity contribution in [1.29, 1.82) is 0 Å². The third-order valence-corrected chi connectivity index (χ3v) is 3.89. The Hall–Kier alpha value is -2.03. The largest absolute Gasteiger partial charge is 0.391 e. The average Bonchev–Trinajstić information content (AvgIpc) is 2.53. The third-order valence-electron chi connectivity index (χ3n) is 3.33. The Morgan fingerprint density at radius 3 is 2.64 bits per heavy atom. The number of hydrogen-bond acceptors (Lipinski definition) is 2. The Morgan fingerprint density at radius 2 is 1.77 bits per heavy atom. The lowest BCUT2D eigenvalue weighted by Crippen LogP contribution is -1.90. The summed E-state index contributed by atoms with van der Waals surface area (Å²) in [6.45, 7) is 0.406. The maximum Gasteiger partial charge on any atom is 0.142 e. The van der Waals surface area contributed by atoms with E-state index in [0.29, 0.717) is 16.7 Å². The van der Waals surface area contributed by atoms with Gasteiger partial charge in [0.2, 0.25) is 0 Å². The van der Waals surface area contributed by atoms with Gasteiger partial charge in [0.1, 0.15) is 6.61 Å². The zero-order valence-corrected chi connectivity index (χ0v) is 13.2. The van der Waals surface area contributed by atoms with Gasteiger partial charge in [-0.15, -0.1) is 0 Å². The van der Waals surface area contributed by atoms with Crippen LogP contribution in [0, 0.1) is 0 Å². The van der Waals surface area contributed by atoms with E-state index in [0.717, 1.165) is 11.1 Å². The molecule has 0 saturated carbocycles. The van der Waals surface area contributed by atoms with Crippen molar-refractivity contribution in [3.8, 4) is 0 Å². The number of oxime groups is 1. The maximum absolute atomic E-state index is 6.07. The van der Waals surface area contributed by atoms with Gasteiger partial charge in [0.05, 0.1) is 11.2 Å². The molecule has 0 aliphatic carbocycles. The lowest BCUT2D eigenvalue weighted by molar-refractivity contribution is 0.133. The van der Waals surface area contributed by atoms with Gasteiger partial charge in [-0.3, -0.25) is 0 Å². The number of benzene rings is 3. The number of rotatable bonds is 4. The Kier molecular flexibility index (Phi) is 4.62. The monoisotopic (exact) mass is 329 g/mol. The van der Waals surface area contributed by atoms with Crippen LogP contribution in [0.4, 0.5) is 0 Å². The molecule has 3 rings (SSSR count). The summed E-state index contributed by atoms with van der Waals surface area (Å²) >= 11 is 11.9. The molecule has 0 aliphatic rings. The molecular formula is C18H13Cl2NO. The van der Waals surface area contributed by atoms with Crippen LogP contribution < -0.4 is 0 Å². The minimum absolute atomic E-state index is 0.406. The van der Waals surface area contributed by atoms with Gasteiger partial charge in [-0.2, -0.15) is 0 Å². The van der Waals surface area contributed by atoms with E-state index in [9.17, 15) is 0 Å². The number of nitrogens with zero attached hydrogens (tertiary/aromatic N) is 1. The first-order chi connectivity index (χ1) is 10.7. The third kappa shape index (κ3) is 3.41. The molecule has 0 fully saturated rings. The fourth-order valence-corrected chi connectivity index (χ4v) is 2.68. The average molecular weight is 330 g/mol. The zero-order valence-electron chi connectivity index (χ0n) is 11.7. The summed E-state index contributed by atoms with van der Waals surface area (Å²) in [5.74, 6) is 0. The van der Waals surface area contributed by atoms with Crippen LogP contribution in [0.2, 0.25) is 10.0 Å². The topological polar surface area (TPSA) is 21.6 Å². The first kappa shape index (κ1) is 14.9. The van der Waals surface area contributed by atoms with Gasteiger partial charge in [0.25, 0.3) is 0 Å². The van der Waals surface area contributed by atoms with Crippen LogP contribution in [-0.2, 0) is 11.4 Å². The Labute approximate surface area is 138 Å². The highest BCUT2D eigenvalue weighted by Crippen LogP contribution is 2.20. The molecule has 0 radical (unpaired) electrons. The molecule has 0 saturated heterocycles. The van der Waals surface area contributed by atoms with Crippen LogP contribution in [0.5, 0.6) is 0 Å². The van der Waals surface area contributed by atoms with E-state index in [1.165, 1.54) is 10.8 Å². The van der Waals surface area contributed by atoms with Crippen molar-refractivity contribution >= 4 is 40.2 Å². The molecule has 0 amide bonds. The van der Waals surface area contributed by atoms with E-state index in [1.54, 1.807) is 24.4 Å². The highest BCUT2D eigenvalue weighted by atomic mass is 35.5. The maximum atomic E-state index is 6.07. The molecule has 0 aromatic heterocycles. The molecule has 3 aromatic rings. The van der Waals surface area contributed by atoms with E-state index in [4.69, 9.17) is 28.0 Å². The molecule has 110 valence electrons. The van der Waals surface area contributed by atoms with Crippen molar-refractivity contribution in [3.63, 3.8) is 0 Å². The molecule has 0 aliphatic heterocycles. The summed E-state index contributed by atoms with van der Waals surface area (Å²) in [6, 6.07) is 19.6. The van der Waals surface area contributed by atoms with Gasteiger partial charge in [0, 0.05) is 10.6 Å². The van der Waals surface area contributed by atoms with E-state index in [-0.39, 0.29) is 0 Å². The summed E-state index contributed by atoms with van der Waals surface area (Å²) in [4.78, 5) is 5.39. The van der Waals surface area contributed by atoms with E-state index < -0.39 is 0 Å². The molecule has 0 unspecified atom stereocenters. The second kappa shape index (κ2) is 6.82. The summed E-state index contributed by atoms with van der Waals surface area (Å²) < 4.78 is 0. The van der Waals surface area contributed by atoms with Crippen molar-refractivity contribution in [1.82, 2.24) is 0 Å². The fourth-order valence-electron chi connectivity index (χ4n) is 2.23. The smallest absolute Gasteiger partial charge is 0.142 e. The highest BCUT2D eigenvalue weighted by molar-refractivity contribution is 6.36. The van der Waals surface area contributed by atoms with Crippen molar-refractivity contribution in [3.05, 3.63) is 81.8 Å². The van der Waals surface area contributed by atoms with Crippen LogP contribution in [-0.4, -0.2) is 6.21 Å². The van der Waals surface area contributed by atoms with Crippen LogP contribution >= 0.6 is 23.2 Å². The molecule has 0 bridgehead atoms. The number of halogens is 2. The van der Waals surface area contributed by atoms with Crippen LogP contribution in [0.3, 0.4) is 0 Å². The lowest BCUT2D eigenvalue weighted by atomic mass is 10.1. The summed E-state index contributed by atoms with van der Waals surface area (Å²) in [5, 5.41) is 7.48. The van der Waals surface area contributed by atoms with E-state index >= 15 is 0 Å². The molecule has 0 N–H and O–H groups in total. The van der Waals surface area contributed by atoms with E-state index in [2.05, 4.69) is 23.4 Å². The van der Waals surface area contributed by atoms with Crippen molar-refractivity contribution in [2.24, 2.45) is 5.16 Å². The Balaban J connectivity index is 1.71. The quantitative estimate of drug-likeness (QED) is 0.444. The molecule has 0 atom stereocenters. The van der Waals surface area contributed by atoms with Gasteiger partial charge in [-0.1, -0.05) is 76.9 Å². The predicted octanol–water partition coefficient (Wildman–Crippen LogP) is 5.70. The molecule has 22 heavy (non-hydrogen) atoms. The summed E-state index contributed by atoms with van der Waals surface area (Å²) in [5.41, 5.74) is 1.86. The van der Waals surface area contributed by atoms with Gasteiger partial charge < -0.3 is 4.84 Å². The molecule has 2 nitrogen and oxygen atoms in total. The second-order valence-electron chi connectivity index (χ2n) is 4.81. The van der Waals surface area contributed by atoms with E-state index in [1.807, 2.05) is 24.3 Å². The molecule has 0 spiro atoms. The second-order valence-corrected chi connectivity index (χ2v) is 5.66. The summed E-state index contributed by atoms with van der Waals surface area (Å²) in [7, 11) is 0. The van der Waals surface area contributed by atoms with Crippen molar-refractivity contribution < 1.29 is 4.84 Å². The first-order valence-corrected chi connectivity index (χ1v) is 7.56. The fraction of sp³-hybridized carbons (Fsp3) is 0.0556. The summed E-state index contributed by atoms with van der Waals surface area (Å²) in [6.07, 6.45) is 1.59. The molecule has 0 heterocycles. The van der Waals surface area contributed by atoms with Gasteiger partial charge >= 0.3 is 0 Å². The normalized spacial score (nSPS) is 11.2.